The van der Waals surface area contributed by atoms with E-state index in [-0.39, 0.29) is 17.2 Å². The summed E-state index contributed by atoms with van der Waals surface area (Å²) in [5.74, 6) is -0.350. The van der Waals surface area contributed by atoms with Crippen molar-refractivity contribution in [1.29, 1.82) is 0 Å². The molecule has 1 aromatic carbocycles. The van der Waals surface area contributed by atoms with Crippen LogP contribution in [0.15, 0.2) is 35.3 Å². The number of amides is 1. The second-order valence-electron chi connectivity index (χ2n) is 4.81. The van der Waals surface area contributed by atoms with Gasteiger partial charge in [0.2, 0.25) is 5.56 Å². The zero-order valence-corrected chi connectivity index (χ0v) is 11.5. The van der Waals surface area contributed by atoms with E-state index in [1.54, 1.807) is 25.2 Å². The molecule has 0 saturated heterocycles. The molecule has 0 spiro atoms. The van der Waals surface area contributed by atoms with Crippen molar-refractivity contribution in [3.05, 3.63) is 52.1 Å². The lowest BCUT2D eigenvalue weighted by atomic mass is 10.1. The Labute approximate surface area is 119 Å². The lowest BCUT2D eigenvalue weighted by molar-refractivity contribution is 0.102. The Balaban J connectivity index is 1.94. The first kappa shape index (κ1) is 13.0. The molecule has 2 N–H and O–H groups in total. The summed E-state index contributed by atoms with van der Waals surface area (Å²) in [5.41, 5.74) is 2.21. The highest BCUT2D eigenvalue weighted by molar-refractivity contribution is 6.03. The number of H-pyrrole nitrogens is 1. The number of aromatic amines is 1. The van der Waals surface area contributed by atoms with E-state index < -0.39 is 0 Å². The van der Waals surface area contributed by atoms with Gasteiger partial charge in [0.1, 0.15) is 0 Å². The topological polar surface area (TPSA) is 92.7 Å². The van der Waals surface area contributed by atoms with Gasteiger partial charge in [0.05, 0.1) is 11.7 Å². The van der Waals surface area contributed by atoms with Gasteiger partial charge in [0.25, 0.3) is 5.91 Å². The van der Waals surface area contributed by atoms with Crippen molar-refractivity contribution < 1.29 is 4.79 Å². The van der Waals surface area contributed by atoms with Gasteiger partial charge in [-0.25, -0.2) is 0 Å². The van der Waals surface area contributed by atoms with Gasteiger partial charge in [0.15, 0.2) is 5.69 Å². The first-order chi connectivity index (χ1) is 10.0. The van der Waals surface area contributed by atoms with Gasteiger partial charge in [0, 0.05) is 24.2 Å². The average Bonchev–Trinajstić information content (AvgIpc) is 2.85. The number of aromatic nitrogens is 4. The third-order valence-electron chi connectivity index (χ3n) is 3.14. The zero-order chi connectivity index (χ0) is 15.0. The van der Waals surface area contributed by atoms with Crippen molar-refractivity contribution in [1.82, 2.24) is 20.0 Å². The Kier molecular flexibility index (Phi) is 3.02. The third kappa shape index (κ3) is 2.53. The molecular formula is C14H13N5O2. The molecule has 3 rings (SSSR count). The Bertz CT molecular complexity index is 894. The number of hydrogen-bond acceptors (Lipinski definition) is 4. The maximum absolute atomic E-state index is 12.0. The van der Waals surface area contributed by atoms with E-state index in [1.807, 2.05) is 13.0 Å². The highest BCUT2D eigenvalue weighted by Crippen LogP contribution is 2.19. The molecule has 0 aliphatic rings. The second kappa shape index (κ2) is 4.86. The molecule has 0 atom stereocenters. The number of fused-ring (bicyclic) bond motifs is 1. The van der Waals surface area contributed by atoms with Crippen LogP contribution in [-0.4, -0.2) is 25.9 Å². The van der Waals surface area contributed by atoms with Gasteiger partial charge in [-0.1, -0.05) is 11.3 Å². The number of hydrogen-bond donors (Lipinski definition) is 2. The van der Waals surface area contributed by atoms with E-state index >= 15 is 0 Å². The summed E-state index contributed by atoms with van der Waals surface area (Å²) < 4.78 is 1.45. The molecule has 1 amide bonds. The van der Waals surface area contributed by atoms with Crippen LogP contribution in [0.25, 0.3) is 10.9 Å². The normalized spacial score (nSPS) is 10.8. The van der Waals surface area contributed by atoms with Crippen molar-refractivity contribution in [2.24, 2.45) is 7.05 Å². The van der Waals surface area contributed by atoms with Crippen LogP contribution in [0.1, 0.15) is 16.1 Å². The van der Waals surface area contributed by atoms with Gasteiger partial charge in [-0.15, -0.1) is 5.10 Å². The Morgan fingerprint density at radius 1 is 1.33 bits per heavy atom. The van der Waals surface area contributed by atoms with Crippen LogP contribution in [0.3, 0.4) is 0 Å². The highest BCUT2D eigenvalue weighted by Gasteiger charge is 2.10. The largest absolute Gasteiger partial charge is 0.322 e. The minimum atomic E-state index is -0.350. The predicted molar refractivity (Wildman–Crippen MR) is 78.3 cm³/mol. The molecular weight excluding hydrogens is 270 g/mol. The molecule has 7 nitrogen and oxygen atoms in total. The lowest BCUT2D eigenvalue weighted by Crippen LogP contribution is -2.13. The van der Waals surface area contributed by atoms with Crippen LogP contribution >= 0.6 is 0 Å². The van der Waals surface area contributed by atoms with Crippen molar-refractivity contribution in [3.63, 3.8) is 0 Å². The lowest BCUT2D eigenvalue weighted by Gasteiger charge is -2.06. The molecule has 3 aromatic rings. The number of nitrogens with zero attached hydrogens (tertiary/aromatic N) is 3. The number of benzene rings is 1. The van der Waals surface area contributed by atoms with Crippen molar-refractivity contribution in [2.45, 2.75) is 6.92 Å². The maximum atomic E-state index is 12.0. The summed E-state index contributed by atoms with van der Waals surface area (Å²) in [6.45, 7) is 1.87. The molecule has 0 aliphatic heterocycles. The molecule has 2 aromatic heterocycles. The third-order valence-corrected chi connectivity index (χ3v) is 3.14. The zero-order valence-electron chi connectivity index (χ0n) is 11.5. The molecule has 0 bridgehead atoms. The number of rotatable bonds is 2. The van der Waals surface area contributed by atoms with Crippen LogP contribution in [-0.2, 0) is 7.05 Å². The number of pyridine rings is 1. The molecule has 0 radical (unpaired) electrons. The van der Waals surface area contributed by atoms with Gasteiger partial charge in [-0.3, -0.25) is 14.3 Å². The Morgan fingerprint density at radius 2 is 2.14 bits per heavy atom. The number of aryl methyl sites for hydroxylation is 2. The number of carbonyl (C=O) groups is 1. The summed E-state index contributed by atoms with van der Waals surface area (Å²) in [6, 6.07) is 6.90. The number of nitrogens with one attached hydrogen (secondary N) is 2. The van der Waals surface area contributed by atoms with E-state index in [9.17, 15) is 9.59 Å². The van der Waals surface area contributed by atoms with Crippen LogP contribution in [0.5, 0.6) is 0 Å². The summed E-state index contributed by atoms with van der Waals surface area (Å²) in [4.78, 5) is 26.2. The first-order valence-electron chi connectivity index (χ1n) is 6.34. The van der Waals surface area contributed by atoms with Gasteiger partial charge < -0.3 is 10.3 Å². The molecule has 0 fully saturated rings. The van der Waals surface area contributed by atoms with Gasteiger partial charge >= 0.3 is 0 Å². The predicted octanol–water partition coefficient (Wildman–Crippen LogP) is 1.22. The van der Waals surface area contributed by atoms with E-state index in [1.165, 1.54) is 10.9 Å². The van der Waals surface area contributed by atoms with Gasteiger partial charge in [-0.05, 0) is 24.6 Å². The van der Waals surface area contributed by atoms with Crippen molar-refractivity contribution >= 4 is 22.5 Å². The molecule has 21 heavy (non-hydrogen) atoms. The summed E-state index contributed by atoms with van der Waals surface area (Å²) >= 11 is 0. The molecule has 0 saturated carbocycles. The van der Waals surface area contributed by atoms with Crippen LogP contribution in [0.2, 0.25) is 0 Å². The fourth-order valence-corrected chi connectivity index (χ4v) is 2.16. The average molecular weight is 283 g/mol. The summed E-state index contributed by atoms with van der Waals surface area (Å²) in [5, 5.41) is 11.1. The van der Waals surface area contributed by atoms with E-state index in [0.29, 0.717) is 11.2 Å². The number of anilines is 1. The number of carbonyl (C=O) groups excluding carboxylic acids is 1. The molecule has 0 unspecified atom stereocenters. The monoisotopic (exact) mass is 283 g/mol. The molecule has 106 valence electrons. The maximum Gasteiger partial charge on any atom is 0.277 e. The molecule has 7 heteroatoms. The van der Waals surface area contributed by atoms with Crippen molar-refractivity contribution in [2.75, 3.05) is 5.32 Å². The van der Waals surface area contributed by atoms with E-state index in [0.717, 1.165) is 10.9 Å². The van der Waals surface area contributed by atoms with Crippen LogP contribution in [0, 0.1) is 6.92 Å². The standard InChI is InChI=1S/C14H13N5O2/c1-8-5-13(20)16-11-6-9(3-4-10(8)11)15-14(21)12-7-19(2)18-17-12/h3-7H,1-2H3,(H,15,21)(H,16,20). The molecule has 0 aliphatic carbocycles. The fourth-order valence-electron chi connectivity index (χ4n) is 2.16. The minimum Gasteiger partial charge on any atom is -0.322 e. The summed E-state index contributed by atoms with van der Waals surface area (Å²) in [6.07, 6.45) is 1.53. The van der Waals surface area contributed by atoms with Crippen LogP contribution in [0.4, 0.5) is 5.69 Å². The first-order valence-corrected chi connectivity index (χ1v) is 6.34. The fraction of sp³-hybridized carbons (Fsp3) is 0.143. The van der Waals surface area contributed by atoms with E-state index in [2.05, 4.69) is 20.6 Å². The molecule has 2 heterocycles. The smallest absolute Gasteiger partial charge is 0.277 e. The minimum absolute atomic E-state index is 0.169. The highest BCUT2D eigenvalue weighted by atomic mass is 16.2. The quantitative estimate of drug-likeness (QED) is 0.739. The second-order valence-corrected chi connectivity index (χ2v) is 4.81. The van der Waals surface area contributed by atoms with E-state index in [4.69, 9.17) is 0 Å². The SMILES string of the molecule is Cc1cc(=O)[nH]c2cc(NC(=O)c3cn(C)nn3)ccc12. The Morgan fingerprint density at radius 3 is 2.86 bits per heavy atom. The van der Waals surface area contributed by atoms with Gasteiger partial charge in [-0.2, -0.15) is 0 Å². The Hall–Kier alpha value is -2.96. The van der Waals surface area contributed by atoms with Crippen molar-refractivity contribution in [3.8, 4) is 0 Å². The van der Waals surface area contributed by atoms with Crippen LogP contribution < -0.4 is 10.9 Å². The summed E-state index contributed by atoms with van der Waals surface area (Å²) in [7, 11) is 1.69.